The molecule has 40 heavy (non-hydrogen) atoms. The highest BCUT2D eigenvalue weighted by Gasteiger charge is 2.27. The van der Waals surface area contributed by atoms with E-state index in [1.54, 1.807) is 42.5 Å². The first-order valence-electron chi connectivity index (χ1n) is 12.1. The number of rotatable bonds is 10. The maximum absolute atomic E-state index is 12.9. The van der Waals surface area contributed by atoms with Crippen molar-refractivity contribution in [1.82, 2.24) is 4.90 Å². The molecule has 0 spiro atoms. The molecular weight excluding hydrogens is 601 g/mol. The fourth-order valence-corrected chi connectivity index (χ4v) is 5.25. The van der Waals surface area contributed by atoms with Gasteiger partial charge in [-0.15, -0.1) is 24.8 Å². The van der Waals surface area contributed by atoms with Crippen molar-refractivity contribution in [1.29, 1.82) is 10.8 Å². The Morgan fingerprint density at radius 1 is 1.18 bits per heavy atom. The van der Waals surface area contributed by atoms with Crippen LogP contribution in [0.2, 0.25) is 5.02 Å². The highest BCUT2D eigenvalue weighted by atomic mass is 35.5. The zero-order chi connectivity index (χ0) is 27.9. The smallest absolute Gasteiger partial charge is 0.412 e. The van der Waals surface area contributed by atoms with Crippen molar-refractivity contribution in [2.45, 2.75) is 39.2 Å². The van der Waals surface area contributed by atoms with Crippen LogP contribution >= 0.6 is 36.4 Å². The Morgan fingerprint density at radius 3 is 2.42 bits per heavy atom. The predicted octanol–water partition coefficient (Wildman–Crippen LogP) is 5.03. The number of piperidine rings is 1. The van der Waals surface area contributed by atoms with Crippen LogP contribution in [0.15, 0.2) is 48.5 Å². The van der Waals surface area contributed by atoms with E-state index in [-0.39, 0.29) is 54.0 Å². The van der Waals surface area contributed by atoms with E-state index in [4.69, 9.17) is 32.9 Å². The Labute approximate surface area is 252 Å². The minimum Gasteiger partial charge on any atom is -0.489 e. The van der Waals surface area contributed by atoms with E-state index in [1.807, 2.05) is 11.8 Å². The monoisotopic (exact) mass is 633 g/mol. The van der Waals surface area contributed by atoms with Crippen LogP contribution in [-0.2, 0) is 19.3 Å². The van der Waals surface area contributed by atoms with Crippen LogP contribution in [-0.4, -0.2) is 56.7 Å². The van der Waals surface area contributed by atoms with Gasteiger partial charge in [0.1, 0.15) is 17.7 Å². The van der Waals surface area contributed by atoms with Crippen LogP contribution in [0.1, 0.15) is 44.2 Å². The summed E-state index contributed by atoms with van der Waals surface area (Å²) in [4.78, 5) is 13.5. The molecule has 0 aromatic heterocycles. The summed E-state index contributed by atoms with van der Waals surface area (Å²) in [5.74, 6) is -0.0229. The highest BCUT2D eigenvalue weighted by molar-refractivity contribution is 7.88. The molecule has 0 unspecified atom stereocenters. The van der Waals surface area contributed by atoms with Crippen molar-refractivity contribution < 1.29 is 22.1 Å². The number of carbonyl (C=O) groups excluding carboxylic acids is 1. The lowest BCUT2D eigenvalue weighted by Gasteiger charge is -2.33. The van der Waals surface area contributed by atoms with Gasteiger partial charge in [-0.3, -0.25) is 15.6 Å². The zero-order valence-corrected chi connectivity index (χ0v) is 25.3. The maximum Gasteiger partial charge on any atom is 0.412 e. The van der Waals surface area contributed by atoms with Crippen molar-refractivity contribution in [3.63, 3.8) is 0 Å². The van der Waals surface area contributed by atoms with E-state index < -0.39 is 16.3 Å². The molecular formula is C26H34Cl3N5O5S. The molecule has 1 aliphatic heterocycles. The summed E-state index contributed by atoms with van der Waals surface area (Å²) in [6.45, 7) is 4.26. The van der Waals surface area contributed by atoms with Gasteiger partial charge in [-0.2, -0.15) is 8.42 Å². The minimum atomic E-state index is -4.47. The van der Waals surface area contributed by atoms with Gasteiger partial charge < -0.3 is 19.6 Å². The topological polar surface area (TPSA) is 150 Å². The number of nitrogens with zero attached hydrogens (tertiary/aromatic N) is 2. The van der Waals surface area contributed by atoms with E-state index >= 15 is 0 Å². The Kier molecular flexibility index (Phi) is 13.8. The highest BCUT2D eigenvalue weighted by Crippen LogP contribution is 2.33. The molecule has 2 aromatic rings. The number of halogens is 3. The maximum atomic E-state index is 12.9. The molecule has 1 heterocycles. The first-order valence-corrected chi connectivity index (χ1v) is 13.9. The number of hydrogen-bond acceptors (Lipinski definition) is 7. The van der Waals surface area contributed by atoms with Crippen molar-refractivity contribution >= 4 is 76.1 Å². The van der Waals surface area contributed by atoms with Crippen LogP contribution in [0.25, 0.3) is 6.08 Å². The molecule has 14 heteroatoms. The largest absolute Gasteiger partial charge is 0.489 e. The summed E-state index contributed by atoms with van der Waals surface area (Å²) in [7, 11) is -4.47. The summed E-state index contributed by atoms with van der Waals surface area (Å²) >= 11 is 6.48. The standard InChI is InChI=1S/C26H32ClN5O5S.2ClH/c1-3-25(28)31-14-11-22(12-15-31)36-24-10-9-21(17-23(24)27)32(38(34,35)37-18(2)33)13-5-7-19-6-4-8-20(16-19)26(29)30;;/h4-10,16-17,22,28H,3,11-15H2,1-2H3,(H3,29,30);2*1H/b7-5+,28-25?;;. The SMILES string of the molecule is CCC(=N)N1CCC(Oc2ccc(N(C/C=C/c3cccc(C(=N)N)c3)S(=O)(=O)OC(C)=O)cc2Cl)CC1.Cl.Cl. The molecule has 1 aliphatic rings. The molecule has 3 rings (SSSR count). The van der Waals surface area contributed by atoms with Gasteiger partial charge in [-0.05, 0) is 29.8 Å². The average Bonchev–Trinajstić information content (AvgIpc) is 2.87. The van der Waals surface area contributed by atoms with Crippen LogP contribution in [0, 0.1) is 10.8 Å². The third-order valence-electron chi connectivity index (χ3n) is 5.93. The van der Waals surface area contributed by atoms with Crippen LogP contribution in [0.4, 0.5) is 5.69 Å². The van der Waals surface area contributed by atoms with Crippen molar-refractivity contribution in [2.24, 2.45) is 5.73 Å². The number of likely N-dealkylation sites (tertiary alicyclic amines) is 1. The van der Waals surface area contributed by atoms with Crippen LogP contribution in [0.5, 0.6) is 5.75 Å². The molecule has 0 aliphatic carbocycles. The molecule has 10 nitrogen and oxygen atoms in total. The van der Waals surface area contributed by atoms with E-state index in [1.165, 1.54) is 12.1 Å². The normalized spacial score (nSPS) is 13.6. The second-order valence-electron chi connectivity index (χ2n) is 8.72. The summed E-state index contributed by atoms with van der Waals surface area (Å²) in [6.07, 6.45) is 5.35. The van der Waals surface area contributed by atoms with E-state index in [0.29, 0.717) is 29.1 Å². The summed E-state index contributed by atoms with van der Waals surface area (Å²) in [5.41, 5.74) is 6.98. The van der Waals surface area contributed by atoms with Crippen LogP contribution in [0.3, 0.4) is 0 Å². The Hall–Kier alpha value is -2.99. The van der Waals surface area contributed by atoms with E-state index in [2.05, 4.69) is 4.18 Å². The number of benzene rings is 2. The van der Waals surface area contributed by atoms with Crippen molar-refractivity contribution in [2.75, 3.05) is 23.9 Å². The van der Waals surface area contributed by atoms with Gasteiger partial charge in [0.25, 0.3) is 0 Å². The molecule has 0 radical (unpaired) electrons. The van der Waals surface area contributed by atoms with E-state index in [9.17, 15) is 13.2 Å². The molecule has 1 fully saturated rings. The fourth-order valence-electron chi connectivity index (χ4n) is 4.00. The quantitative estimate of drug-likeness (QED) is 0.245. The molecule has 2 aromatic carbocycles. The number of hydrogen-bond donors (Lipinski definition) is 3. The summed E-state index contributed by atoms with van der Waals surface area (Å²) < 4.78 is 37.3. The molecule has 220 valence electrons. The Balaban J connectivity index is 0.00000400. The Morgan fingerprint density at radius 2 is 1.85 bits per heavy atom. The Bertz CT molecular complexity index is 1330. The number of anilines is 1. The summed E-state index contributed by atoms with van der Waals surface area (Å²) in [5, 5.41) is 15.8. The number of amidine groups is 2. The van der Waals surface area contributed by atoms with Gasteiger partial charge in [0.05, 0.1) is 23.1 Å². The fraction of sp³-hybridized carbons (Fsp3) is 0.346. The average molecular weight is 635 g/mol. The third-order valence-corrected chi connectivity index (χ3v) is 7.57. The van der Waals surface area contributed by atoms with Gasteiger partial charge in [-0.1, -0.05) is 48.9 Å². The van der Waals surface area contributed by atoms with Gasteiger partial charge in [-0.25, -0.2) is 4.31 Å². The van der Waals surface area contributed by atoms with Gasteiger partial charge in [0, 0.05) is 44.8 Å². The predicted molar refractivity (Wildman–Crippen MR) is 164 cm³/mol. The first-order chi connectivity index (χ1) is 18.0. The number of nitrogens with two attached hydrogens (primary N) is 1. The lowest BCUT2D eigenvalue weighted by molar-refractivity contribution is -0.131. The second-order valence-corrected chi connectivity index (χ2v) is 10.6. The number of carbonyl (C=O) groups is 1. The zero-order valence-electron chi connectivity index (χ0n) is 22.1. The minimum absolute atomic E-state index is 0. The molecule has 0 atom stereocenters. The van der Waals surface area contributed by atoms with Gasteiger partial charge in [0.2, 0.25) is 0 Å². The first kappa shape index (κ1) is 35.0. The number of nitrogen functional groups attached to an aromatic ring is 1. The lowest BCUT2D eigenvalue weighted by Crippen LogP contribution is -2.41. The molecule has 0 saturated carbocycles. The van der Waals surface area contributed by atoms with Crippen molar-refractivity contribution in [3.8, 4) is 5.75 Å². The molecule has 1 saturated heterocycles. The number of nitrogens with one attached hydrogen (secondary N) is 2. The number of ether oxygens (including phenoxy) is 1. The molecule has 0 amide bonds. The van der Waals surface area contributed by atoms with Gasteiger partial charge in [0.15, 0.2) is 0 Å². The molecule has 0 bridgehead atoms. The second kappa shape index (κ2) is 15.7. The van der Waals surface area contributed by atoms with E-state index in [0.717, 1.165) is 37.2 Å². The third kappa shape index (κ3) is 9.58. The van der Waals surface area contributed by atoms with Crippen molar-refractivity contribution in [3.05, 3.63) is 64.7 Å². The van der Waals surface area contributed by atoms with Gasteiger partial charge >= 0.3 is 16.3 Å². The van der Waals surface area contributed by atoms with Crippen LogP contribution < -0.4 is 14.8 Å². The molecule has 4 N–H and O–H groups in total. The lowest BCUT2D eigenvalue weighted by atomic mass is 10.1. The summed E-state index contributed by atoms with van der Waals surface area (Å²) in [6, 6.07) is 11.5.